The zero-order valence-corrected chi connectivity index (χ0v) is 14.5. The maximum atomic E-state index is 12.6. The van der Waals surface area contributed by atoms with E-state index in [1.54, 1.807) is 39.5 Å². The van der Waals surface area contributed by atoms with E-state index in [1.807, 2.05) is 31.2 Å². The largest absolute Gasteiger partial charge is 0.497 e. The minimum absolute atomic E-state index is 0.0479. The fourth-order valence-electron chi connectivity index (χ4n) is 2.14. The van der Waals surface area contributed by atoms with Crippen molar-refractivity contribution in [3.63, 3.8) is 0 Å². The second kappa shape index (κ2) is 7.92. The average Bonchev–Trinajstić information content (AvgIpc) is 2.61. The first kappa shape index (κ1) is 17.2. The first-order valence-corrected chi connectivity index (χ1v) is 8.04. The Labute approximate surface area is 140 Å². The molecule has 0 aliphatic rings. The van der Waals surface area contributed by atoms with Gasteiger partial charge in [0.15, 0.2) is 17.3 Å². The Balaban J connectivity index is 2.12. The van der Waals surface area contributed by atoms with Crippen LogP contribution in [0.4, 0.5) is 0 Å². The van der Waals surface area contributed by atoms with Gasteiger partial charge in [0.25, 0.3) is 0 Å². The molecule has 2 aromatic rings. The van der Waals surface area contributed by atoms with Gasteiger partial charge < -0.3 is 14.2 Å². The molecule has 5 heteroatoms. The van der Waals surface area contributed by atoms with Gasteiger partial charge in [-0.15, -0.1) is 11.8 Å². The molecule has 0 aromatic heterocycles. The summed E-state index contributed by atoms with van der Waals surface area (Å²) in [7, 11) is 4.76. The van der Waals surface area contributed by atoms with Crippen molar-refractivity contribution in [3.8, 4) is 17.2 Å². The van der Waals surface area contributed by atoms with Crippen LogP contribution in [0.5, 0.6) is 17.2 Å². The molecule has 0 N–H and O–H groups in total. The molecule has 2 aromatic carbocycles. The molecule has 4 nitrogen and oxygen atoms in total. The number of thioether (sulfide) groups is 1. The van der Waals surface area contributed by atoms with Crippen LogP contribution in [0.15, 0.2) is 47.4 Å². The van der Waals surface area contributed by atoms with Gasteiger partial charge in [0.2, 0.25) is 0 Å². The van der Waals surface area contributed by atoms with Crippen LogP contribution in [0.25, 0.3) is 0 Å². The molecule has 0 saturated heterocycles. The van der Waals surface area contributed by atoms with E-state index < -0.39 is 0 Å². The van der Waals surface area contributed by atoms with Gasteiger partial charge in [0.1, 0.15) is 5.75 Å². The van der Waals surface area contributed by atoms with Gasteiger partial charge in [0, 0.05) is 10.5 Å². The molecule has 0 spiro atoms. The fraction of sp³-hybridized carbons (Fsp3) is 0.278. The van der Waals surface area contributed by atoms with Crippen LogP contribution >= 0.6 is 11.8 Å². The standard InChI is InChI=1S/C18H20O4S/c1-12(23-15-8-6-14(20-2)7-9-15)18(19)13-5-10-16(21-3)17(11-13)22-4/h5-12H,1-4H3. The van der Waals surface area contributed by atoms with Crippen molar-refractivity contribution in [2.45, 2.75) is 17.1 Å². The first-order valence-electron chi connectivity index (χ1n) is 7.16. The smallest absolute Gasteiger partial charge is 0.176 e. The number of carbonyl (C=O) groups excluding carboxylic acids is 1. The van der Waals surface area contributed by atoms with E-state index in [0.717, 1.165) is 10.6 Å². The second-order valence-corrected chi connectivity index (χ2v) is 6.28. The molecule has 0 aliphatic carbocycles. The monoisotopic (exact) mass is 332 g/mol. The Hall–Kier alpha value is -2.14. The molecule has 2 rings (SSSR count). The molecule has 1 atom stereocenters. The van der Waals surface area contributed by atoms with Gasteiger partial charge in [-0.2, -0.15) is 0 Å². The van der Waals surface area contributed by atoms with Gasteiger partial charge in [-0.25, -0.2) is 0 Å². The molecule has 23 heavy (non-hydrogen) atoms. The highest BCUT2D eigenvalue weighted by Crippen LogP contribution is 2.31. The molecule has 0 fully saturated rings. The van der Waals surface area contributed by atoms with E-state index in [1.165, 1.54) is 11.8 Å². The molecule has 122 valence electrons. The highest BCUT2D eigenvalue weighted by atomic mass is 32.2. The van der Waals surface area contributed by atoms with Crippen molar-refractivity contribution in [3.05, 3.63) is 48.0 Å². The molecule has 0 heterocycles. The van der Waals surface area contributed by atoms with E-state index in [9.17, 15) is 4.79 Å². The number of benzene rings is 2. The number of carbonyl (C=O) groups is 1. The van der Waals surface area contributed by atoms with Crippen LogP contribution in [0.3, 0.4) is 0 Å². The number of Topliss-reactive ketones (excluding diaryl/α,β-unsaturated/α-hetero) is 1. The van der Waals surface area contributed by atoms with E-state index in [4.69, 9.17) is 14.2 Å². The lowest BCUT2D eigenvalue weighted by Gasteiger charge is -2.13. The predicted molar refractivity (Wildman–Crippen MR) is 92.2 cm³/mol. The van der Waals surface area contributed by atoms with Gasteiger partial charge in [-0.3, -0.25) is 4.79 Å². The molecule has 0 bridgehead atoms. The number of hydrogen-bond donors (Lipinski definition) is 0. The fourth-order valence-corrected chi connectivity index (χ4v) is 3.08. The van der Waals surface area contributed by atoms with Gasteiger partial charge >= 0.3 is 0 Å². The summed E-state index contributed by atoms with van der Waals surface area (Å²) < 4.78 is 15.6. The highest BCUT2D eigenvalue weighted by Gasteiger charge is 2.18. The Morgan fingerprint density at radius 2 is 1.57 bits per heavy atom. The van der Waals surface area contributed by atoms with Crippen molar-refractivity contribution >= 4 is 17.5 Å². The molecule has 0 aliphatic heterocycles. The molecule has 0 radical (unpaired) electrons. The quantitative estimate of drug-likeness (QED) is 0.565. The summed E-state index contributed by atoms with van der Waals surface area (Å²) in [6.45, 7) is 1.90. The minimum atomic E-state index is -0.207. The average molecular weight is 332 g/mol. The third-order valence-corrected chi connectivity index (χ3v) is 4.52. The van der Waals surface area contributed by atoms with Gasteiger partial charge in [0.05, 0.1) is 26.6 Å². The lowest BCUT2D eigenvalue weighted by Crippen LogP contribution is -2.13. The first-order chi connectivity index (χ1) is 11.1. The summed E-state index contributed by atoms with van der Waals surface area (Å²) in [5.41, 5.74) is 0.608. The Morgan fingerprint density at radius 3 is 2.13 bits per heavy atom. The summed E-state index contributed by atoms with van der Waals surface area (Å²) in [6, 6.07) is 12.9. The van der Waals surface area contributed by atoms with E-state index in [0.29, 0.717) is 17.1 Å². The summed E-state index contributed by atoms with van der Waals surface area (Å²) in [6.07, 6.45) is 0. The zero-order chi connectivity index (χ0) is 16.8. The summed E-state index contributed by atoms with van der Waals surface area (Å²) in [4.78, 5) is 13.6. The van der Waals surface area contributed by atoms with Crippen molar-refractivity contribution in [2.75, 3.05) is 21.3 Å². The third-order valence-electron chi connectivity index (χ3n) is 3.41. The van der Waals surface area contributed by atoms with E-state index in [2.05, 4.69) is 0 Å². The predicted octanol–water partition coefficient (Wildman–Crippen LogP) is 4.08. The summed E-state index contributed by atoms with van der Waals surface area (Å²) >= 11 is 1.51. The number of ketones is 1. The van der Waals surface area contributed by atoms with E-state index in [-0.39, 0.29) is 11.0 Å². The van der Waals surface area contributed by atoms with Crippen LogP contribution in [0.2, 0.25) is 0 Å². The van der Waals surface area contributed by atoms with Crippen LogP contribution in [-0.2, 0) is 0 Å². The summed E-state index contributed by atoms with van der Waals surface area (Å²) in [5.74, 6) is 2.01. The van der Waals surface area contributed by atoms with Crippen molar-refractivity contribution in [1.29, 1.82) is 0 Å². The van der Waals surface area contributed by atoms with Crippen LogP contribution in [-0.4, -0.2) is 32.4 Å². The summed E-state index contributed by atoms with van der Waals surface area (Å²) in [5, 5.41) is -0.207. The van der Waals surface area contributed by atoms with Gasteiger partial charge in [-0.05, 0) is 49.4 Å². The maximum Gasteiger partial charge on any atom is 0.176 e. The molecular formula is C18H20O4S. The van der Waals surface area contributed by atoms with Gasteiger partial charge in [-0.1, -0.05) is 0 Å². The second-order valence-electron chi connectivity index (χ2n) is 4.87. The number of ether oxygens (including phenoxy) is 3. The molecule has 0 amide bonds. The maximum absolute atomic E-state index is 12.6. The lowest BCUT2D eigenvalue weighted by molar-refractivity contribution is 0.0993. The van der Waals surface area contributed by atoms with Crippen LogP contribution in [0, 0.1) is 0 Å². The highest BCUT2D eigenvalue weighted by molar-refractivity contribution is 8.00. The SMILES string of the molecule is COc1ccc(SC(C)C(=O)c2ccc(OC)c(OC)c2)cc1. The lowest BCUT2D eigenvalue weighted by atomic mass is 10.1. The molecule has 0 saturated carbocycles. The topological polar surface area (TPSA) is 44.8 Å². The van der Waals surface area contributed by atoms with Crippen molar-refractivity contribution in [2.24, 2.45) is 0 Å². The Bertz CT molecular complexity index is 667. The van der Waals surface area contributed by atoms with Crippen molar-refractivity contribution < 1.29 is 19.0 Å². The zero-order valence-electron chi connectivity index (χ0n) is 13.7. The minimum Gasteiger partial charge on any atom is -0.497 e. The number of methoxy groups -OCH3 is 3. The Morgan fingerprint density at radius 1 is 0.913 bits per heavy atom. The Kier molecular flexibility index (Phi) is 5.93. The molecule has 1 unspecified atom stereocenters. The van der Waals surface area contributed by atoms with Crippen LogP contribution in [0.1, 0.15) is 17.3 Å². The number of hydrogen-bond acceptors (Lipinski definition) is 5. The van der Waals surface area contributed by atoms with Crippen LogP contribution < -0.4 is 14.2 Å². The van der Waals surface area contributed by atoms with E-state index >= 15 is 0 Å². The number of rotatable bonds is 7. The normalized spacial score (nSPS) is 11.7. The molecular weight excluding hydrogens is 312 g/mol. The third kappa shape index (κ3) is 4.20. The van der Waals surface area contributed by atoms with Crippen molar-refractivity contribution in [1.82, 2.24) is 0 Å².